The molecule has 0 atom stereocenters. The number of fused-ring (bicyclic) bond motifs is 1. The first kappa shape index (κ1) is 17.2. The molecule has 2 aromatic carbocycles. The average molecular weight is 378 g/mol. The van der Waals surface area contributed by atoms with E-state index in [1.807, 2.05) is 61.5 Å². The van der Waals surface area contributed by atoms with Crippen LogP contribution in [-0.2, 0) is 6.54 Å². The number of nitrogens with zero attached hydrogens (tertiary/aromatic N) is 5. The number of aromatic nitrogens is 5. The standard InChI is InChI=1S/C20H16ClN5O/c1-14-9-10-16(12-17(14)21)26-19-18(23-24-26)20(27)25(13-22-19)11-5-8-15-6-3-2-4-7-15/h2-10,12-13H,11H2,1H3/b8-5+. The minimum absolute atomic E-state index is 0.224. The fraction of sp³-hybridized carbons (Fsp3) is 0.100. The summed E-state index contributed by atoms with van der Waals surface area (Å²) in [6.07, 6.45) is 5.38. The highest BCUT2D eigenvalue weighted by atomic mass is 35.5. The molecule has 2 heterocycles. The van der Waals surface area contributed by atoms with Crippen molar-refractivity contribution in [1.82, 2.24) is 24.5 Å². The Bertz CT molecular complexity index is 1190. The van der Waals surface area contributed by atoms with Gasteiger partial charge in [-0.3, -0.25) is 9.36 Å². The molecule has 0 amide bonds. The smallest absolute Gasteiger partial charge is 0.283 e. The molecule has 0 fully saturated rings. The number of allylic oxidation sites excluding steroid dienone is 1. The zero-order valence-electron chi connectivity index (χ0n) is 14.6. The Morgan fingerprint density at radius 1 is 1.15 bits per heavy atom. The first-order valence-corrected chi connectivity index (χ1v) is 8.80. The van der Waals surface area contributed by atoms with Crippen LogP contribution in [0.5, 0.6) is 0 Å². The first-order chi connectivity index (χ1) is 13.1. The molecular weight excluding hydrogens is 362 g/mol. The van der Waals surface area contributed by atoms with Crippen molar-refractivity contribution in [3.8, 4) is 5.69 Å². The fourth-order valence-corrected chi connectivity index (χ4v) is 2.90. The highest BCUT2D eigenvalue weighted by molar-refractivity contribution is 6.31. The van der Waals surface area contributed by atoms with Crippen molar-refractivity contribution < 1.29 is 0 Å². The lowest BCUT2D eigenvalue weighted by Gasteiger charge is -2.05. The number of hydrogen-bond donors (Lipinski definition) is 0. The van der Waals surface area contributed by atoms with E-state index in [-0.39, 0.29) is 11.1 Å². The SMILES string of the molecule is Cc1ccc(-n2nnc3c(=O)n(C/C=C/c4ccccc4)cnc32)cc1Cl. The van der Waals surface area contributed by atoms with Gasteiger partial charge in [0.05, 0.1) is 5.69 Å². The Morgan fingerprint density at radius 3 is 2.74 bits per heavy atom. The topological polar surface area (TPSA) is 65.6 Å². The van der Waals surface area contributed by atoms with Crippen LogP contribution in [0.2, 0.25) is 5.02 Å². The molecule has 7 heteroatoms. The lowest BCUT2D eigenvalue weighted by Crippen LogP contribution is -2.20. The molecule has 0 N–H and O–H groups in total. The van der Waals surface area contributed by atoms with Gasteiger partial charge in [0.15, 0.2) is 11.2 Å². The molecule has 134 valence electrons. The van der Waals surface area contributed by atoms with Crippen LogP contribution in [0.1, 0.15) is 11.1 Å². The van der Waals surface area contributed by atoms with Crippen molar-refractivity contribution in [2.24, 2.45) is 0 Å². The van der Waals surface area contributed by atoms with Crippen LogP contribution in [0.15, 0.2) is 65.7 Å². The van der Waals surface area contributed by atoms with Crippen molar-refractivity contribution in [3.05, 3.63) is 87.4 Å². The second-order valence-corrected chi connectivity index (χ2v) is 6.53. The van der Waals surface area contributed by atoms with Crippen LogP contribution < -0.4 is 5.56 Å². The maximum absolute atomic E-state index is 12.7. The zero-order chi connectivity index (χ0) is 18.8. The maximum Gasteiger partial charge on any atom is 0.283 e. The van der Waals surface area contributed by atoms with Crippen molar-refractivity contribution in [2.75, 3.05) is 0 Å². The average Bonchev–Trinajstić information content (AvgIpc) is 3.11. The second kappa shape index (κ2) is 7.17. The molecule has 0 saturated heterocycles. The fourth-order valence-electron chi connectivity index (χ4n) is 2.73. The van der Waals surface area contributed by atoms with Gasteiger partial charge in [0.1, 0.15) is 6.33 Å². The van der Waals surface area contributed by atoms with Gasteiger partial charge >= 0.3 is 0 Å². The Labute approximate surface area is 160 Å². The van der Waals surface area contributed by atoms with Crippen molar-refractivity contribution in [1.29, 1.82) is 0 Å². The van der Waals surface area contributed by atoms with Gasteiger partial charge in [0.2, 0.25) is 0 Å². The van der Waals surface area contributed by atoms with Gasteiger partial charge in [0, 0.05) is 11.6 Å². The van der Waals surface area contributed by atoms with E-state index in [2.05, 4.69) is 15.3 Å². The van der Waals surface area contributed by atoms with Crippen molar-refractivity contribution >= 4 is 28.8 Å². The summed E-state index contributed by atoms with van der Waals surface area (Å²) in [6.45, 7) is 2.32. The van der Waals surface area contributed by atoms with Crippen LogP contribution in [-0.4, -0.2) is 24.5 Å². The lowest BCUT2D eigenvalue weighted by molar-refractivity contribution is 0.765. The molecule has 0 bridgehead atoms. The summed E-state index contributed by atoms with van der Waals surface area (Å²) < 4.78 is 3.02. The molecule has 0 unspecified atom stereocenters. The normalized spacial score (nSPS) is 11.5. The van der Waals surface area contributed by atoms with Crippen molar-refractivity contribution in [3.63, 3.8) is 0 Å². The predicted molar refractivity (Wildman–Crippen MR) is 106 cm³/mol. The number of rotatable bonds is 4. The monoisotopic (exact) mass is 377 g/mol. The largest absolute Gasteiger partial charge is 0.293 e. The van der Waals surface area contributed by atoms with Gasteiger partial charge < -0.3 is 0 Å². The molecular formula is C20H16ClN5O. The van der Waals surface area contributed by atoms with Gasteiger partial charge in [-0.25, -0.2) is 4.98 Å². The Hall–Kier alpha value is -3.25. The summed E-state index contributed by atoms with van der Waals surface area (Å²) in [5.41, 5.74) is 3.14. The summed E-state index contributed by atoms with van der Waals surface area (Å²) in [6, 6.07) is 15.4. The van der Waals surface area contributed by atoms with Gasteiger partial charge in [-0.1, -0.05) is 65.4 Å². The van der Waals surface area contributed by atoms with Crippen molar-refractivity contribution in [2.45, 2.75) is 13.5 Å². The summed E-state index contributed by atoms with van der Waals surface area (Å²) >= 11 is 6.19. The quantitative estimate of drug-likeness (QED) is 0.544. The van der Waals surface area contributed by atoms with Crippen LogP contribution in [0.25, 0.3) is 22.9 Å². The summed E-state index contributed by atoms with van der Waals surface area (Å²) in [7, 11) is 0. The Kier molecular flexibility index (Phi) is 4.56. The number of hydrogen-bond acceptors (Lipinski definition) is 4. The van der Waals surface area contributed by atoms with Crippen LogP contribution >= 0.6 is 11.6 Å². The molecule has 0 spiro atoms. The van der Waals surface area contributed by atoms with Crippen LogP contribution in [0.3, 0.4) is 0 Å². The maximum atomic E-state index is 12.7. The Balaban J connectivity index is 1.66. The van der Waals surface area contributed by atoms with E-state index in [9.17, 15) is 4.79 Å². The van der Waals surface area contributed by atoms with Crippen LogP contribution in [0.4, 0.5) is 0 Å². The number of halogens is 1. The summed E-state index contributed by atoms with van der Waals surface area (Å²) in [5, 5.41) is 8.72. The van der Waals surface area contributed by atoms with E-state index in [0.717, 1.165) is 11.1 Å². The summed E-state index contributed by atoms with van der Waals surface area (Å²) in [5.74, 6) is 0. The van der Waals surface area contributed by atoms with E-state index in [4.69, 9.17) is 11.6 Å². The molecule has 27 heavy (non-hydrogen) atoms. The molecule has 0 radical (unpaired) electrons. The molecule has 0 saturated carbocycles. The van der Waals surface area contributed by atoms with E-state index in [1.165, 1.54) is 15.6 Å². The molecule has 2 aromatic heterocycles. The van der Waals surface area contributed by atoms with E-state index >= 15 is 0 Å². The predicted octanol–water partition coefficient (Wildman–Crippen LogP) is 3.65. The molecule has 0 aliphatic heterocycles. The number of benzene rings is 2. The minimum Gasteiger partial charge on any atom is -0.293 e. The third-order valence-electron chi connectivity index (χ3n) is 4.24. The minimum atomic E-state index is -0.234. The van der Waals surface area contributed by atoms with Gasteiger partial charge in [0.25, 0.3) is 5.56 Å². The third kappa shape index (κ3) is 3.39. The van der Waals surface area contributed by atoms with E-state index < -0.39 is 0 Å². The van der Waals surface area contributed by atoms with Gasteiger partial charge in [-0.15, -0.1) is 5.10 Å². The van der Waals surface area contributed by atoms with Gasteiger partial charge in [-0.05, 0) is 30.2 Å². The van der Waals surface area contributed by atoms with Crippen LogP contribution in [0, 0.1) is 6.92 Å². The summed E-state index contributed by atoms with van der Waals surface area (Å²) in [4.78, 5) is 17.1. The first-order valence-electron chi connectivity index (χ1n) is 8.42. The molecule has 4 rings (SSSR count). The number of aryl methyl sites for hydroxylation is 1. The third-order valence-corrected chi connectivity index (χ3v) is 4.65. The molecule has 6 nitrogen and oxygen atoms in total. The van der Waals surface area contributed by atoms with E-state index in [0.29, 0.717) is 22.9 Å². The molecule has 0 aliphatic carbocycles. The highest BCUT2D eigenvalue weighted by Crippen LogP contribution is 2.20. The zero-order valence-corrected chi connectivity index (χ0v) is 15.3. The molecule has 4 aromatic rings. The highest BCUT2D eigenvalue weighted by Gasteiger charge is 2.13. The Morgan fingerprint density at radius 2 is 1.96 bits per heavy atom. The lowest BCUT2D eigenvalue weighted by atomic mass is 10.2. The van der Waals surface area contributed by atoms with Gasteiger partial charge in [-0.2, -0.15) is 4.68 Å². The molecule has 0 aliphatic rings. The second-order valence-electron chi connectivity index (χ2n) is 6.12. The van der Waals surface area contributed by atoms with E-state index in [1.54, 1.807) is 6.07 Å².